The van der Waals surface area contributed by atoms with E-state index in [0.717, 1.165) is 76.3 Å². The number of imide groups is 1. The van der Waals surface area contributed by atoms with Gasteiger partial charge in [-0.15, -0.1) is 0 Å². The summed E-state index contributed by atoms with van der Waals surface area (Å²) in [5, 5.41) is 12.7. The zero-order valence-corrected chi connectivity index (χ0v) is 32.1. The van der Waals surface area contributed by atoms with Gasteiger partial charge in [-0.25, -0.2) is 0 Å². The highest BCUT2D eigenvalue weighted by Crippen LogP contribution is 2.57. The summed E-state index contributed by atoms with van der Waals surface area (Å²) in [4.78, 5) is 46.6. The number of benzene rings is 4. The van der Waals surface area contributed by atoms with Crippen molar-refractivity contribution in [2.45, 2.75) is 75.3 Å². The summed E-state index contributed by atoms with van der Waals surface area (Å²) in [6, 6.07) is 30.2. The van der Waals surface area contributed by atoms with E-state index in [4.69, 9.17) is 0 Å². The molecule has 3 saturated heterocycles. The first kappa shape index (κ1) is 35.3. The first-order valence-corrected chi connectivity index (χ1v) is 20.8. The molecule has 2 N–H and O–H groups in total. The molecule has 3 amide bonds. The number of piperidine rings is 2. The Morgan fingerprint density at radius 3 is 2.21 bits per heavy atom. The van der Waals surface area contributed by atoms with Crippen LogP contribution in [0.25, 0.3) is 0 Å². The van der Waals surface area contributed by atoms with Gasteiger partial charge in [0.25, 0.3) is 5.91 Å². The van der Waals surface area contributed by atoms with E-state index in [0.29, 0.717) is 30.2 Å². The minimum absolute atomic E-state index is 0.0921. The molecule has 288 valence electrons. The van der Waals surface area contributed by atoms with Gasteiger partial charge in [-0.2, -0.15) is 0 Å². The van der Waals surface area contributed by atoms with E-state index < -0.39 is 6.04 Å². The molecule has 10 rings (SSSR count). The molecule has 0 radical (unpaired) electrons. The van der Waals surface area contributed by atoms with E-state index >= 15 is 0 Å². The standard InChI is InChI=1S/C47H51N5O4/c53-38-10-12-39-34(28-38)16-20-47(19-15-32-3-1-2-4-41(32)47)44(39)33-5-7-36(8-6-33)50-21-17-31(18-22-50)29-49-23-25-51(26-24-49)37-9-11-40-35(27-37)30-52(46(40)56)42-13-14-43(54)48-45(42)55/h1-12,27-28,31,42,44,53H,13-26,29-30H2,(H,48,54,55)/t42-,44-,47+/m0/s1. The molecule has 4 aliphatic heterocycles. The molecule has 56 heavy (non-hydrogen) atoms. The summed E-state index contributed by atoms with van der Waals surface area (Å²) in [6.07, 6.45) is 7.46. The molecule has 3 fully saturated rings. The van der Waals surface area contributed by atoms with Gasteiger partial charge in [0.05, 0.1) is 0 Å². The fourth-order valence-corrected chi connectivity index (χ4v) is 11.2. The van der Waals surface area contributed by atoms with Crippen molar-refractivity contribution in [2.75, 3.05) is 55.6 Å². The fraction of sp³-hybridized carbons (Fsp3) is 0.426. The Hall–Kier alpha value is -5.15. The van der Waals surface area contributed by atoms with Gasteiger partial charge >= 0.3 is 0 Å². The lowest BCUT2D eigenvalue weighted by atomic mass is 9.59. The SMILES string of the molecule is O=C1CC[C@H](N2Cc3cc(N4CCN(CC5CCN(c6ccc([C@H]7c8ccc(O)cc8CC[C@@]78CCc7ccccc78)cc6)CC5)CC4)ccc3C2=O)C(=O)N1. The van der Waals surface area contributed by atoms with Crippen LogP contribution in [-0.4, -0.2) is 84.5 Å². The van der Waals surface area contributed by atoms with Crippen LogP contribution in [0.3, 0.4) is 0 Å². The number of aryl methyl sites for hydroxylation is 2. The summed E-state index contributed by atoms with van der Waals surface area (Å²) in [6.45, 7) is 7.66. The average molecular weight is 750 g/mol. The van der Waals surface area contributed by atoms with Crippen molar-refractivity contribution in [1.29, 1.82) is 0 Å². The van der Waals surface area contributed by atoms with Crippen molar-refractivity contribution in [1.82, 2.24) is 15.1 Å². The molecule has 2 aliphatic carbocycles. The number of nitrogens with one attached hydrogen (secondary N) is 1. The molecule has 0 saturated carbocycles. The van der Waals surface area contributed by atoms with Crippen molar-refractivity contribution < 1.29 is 19.5 Å². The molecule has 6 aliphatic rings. The van der Waals surface area contributed by atoms with Crippen LogP contribution in [0.15, 0.2) is 84.9 Å². The highest BCUT2D eigenvalue weighted by Gasteiger charge is 2.49. The third-order valence-corrected chi connectivity index (χ3v) is 14.2. The third kappa shape index (κ3) is 6.15. The zero-order valence-electron chi connectivity index (χ0n) is 32.1. The average Bonchev–Trinajstić information content (AvgIpc) is 3.75. The molecule has 0 unspecified atom stereocenters. The van der Waals surface area contributed by atoms with E-state index in [9.17, 15) is 19.5 Å². The summed E-state index contributed by atoms with van der Waals surface area (Å²) >= 11 is 0. The minimum atomic E-state index is -0.585. The van der Waals surface area contributed by atoms with Gasteiger partial charge < -0.3 is 19.8 Å². The lowest BCUT2D eigenvalue weighted by molar-refractivity contribution is -0.136. The van der Waals surface area contributed by atoms with Crippen LogP contribution in [-0.2, 0) is 34.4 Å². The Labute approximate surface area is 329 Å². The number of hydrogen-bond donors (Lipinski definition) is 2. The van der Waals surface area contributed by atoms with Crippen molar-refractivity contribution >= 4 is 29.1 Å². The van der Waals surface area contributed by atoms with Crippen LogP contribution in [0, 0.1) is 5.92 Å². The Balaban J connectivity index is 0.747. The van der Waals surface area contributed by atoms with Gasteiger partial charge in [-0.3, -0.25) is 24.6 Å². The fourth-order valence-electron chi connectivity index (χ4n) is 11.2. The molecule has 4 heterocycles. The minimum Gasteiger partial charge on any atom is -0.508 e. The maximum Gasteiger partial charge on any atom is 0.255 e. The van der Waals surface area contributed by atoms with Gasteiger partial charge in [0, 0.05) is 87.0 Å². The monoisotopic (exact) mass is 749 g/mol. The number of carbonyl (C=O) groups is 3. The quantitative estimate of drug-likeness (QED) is 0.229. The number of phenols is 1. The van der Waals surface area contributed by atoms with Gasteiger partial charge in [0.15, 0.2) is 0 Å². The Morgan fingerprint density at radius 2 is 1.43 bits per heavy atom. The van der Waals surface area contributed by atoms with Crippen molar-refractivity contribution in [3.05, 3.63) is 124 Å². The second-order valence-corrected chi connectivity index (χ2v) is 17.2. The molecule has 4 aromatic rings. The van der Waals surface area contributed by atoms with Crippen molar-refractivity contribution in [2.24, 2.45) is 5.92 Å². The van der Waals surface area contributed by atoms with Gasteiger partial charge in [0.2, 0.25) is 11.8 Å². The summed E-state index contributed by atoms with van der Waals surface area (Å²) in [5.41, 5.74) is 11.3. The van der Waals surface area contributed by atoms with E-state index in [1.54, 1.807) is 4.90 Å². The Kier molecular flexibility index (Phi) is 8.88. The Bertz CT molecular complexity index is 2190. The summed E-state index contributed by atoms with van der Waals surface area (Å²) in [7, 11) is 0. The predicted molar refractivity (Wildman–Crippen MR) is 217 cm³/mol. The number of fused-ring (bicyclic) bond motifs is 4. The van der Waals surface area contributed by atoms with Crippen LogP contribution in [0.4, 0.5) is 11.4 Å². The van der Waals surface area contributed by atoms with E-state index in [1.165, 1.54) is 52.8 Å². The molecular weight excluding hydrogens is 699 g/mol. The number of aromatic hydroxyl groups is 1. The number of anilines is 2. The molecule has 9 nitrogen and oxygen atoms in total. The van der Waals surface area contributed by atoms with E-state index in [-0.39, 0.29) is 35.5 Å². The highest BCUT2D eigenvalue weighted by atomic mass is 16.3. The zero-order chi connectivity index (χ0) is 38.0. The molecule has 9 heteroatoms. The number of piperazine rings is 1. The molecular formula is C47H51N5O4. The van der Waals surface area contributed by atoms with Gasteiger partial charge in [-0.1, -0.05) is 42.5 Å². The summed E-state index contributed by atoms with van der Waals surface area (Å²) in [5.74, 6) is 0.580. The molecule has 0 aromatic heterocycles. The number of nitrogens with zero attached hydrogens (tertiary/aromatic N) is 4. The third-order valence-electron chi connectivity index (χ3n) is 14.2. The van der Waals surface area contributed by atoms with Crippen LogP contribution in [0.1, 0.15) is 88.2 Å². The van der Waals surface area contributed by atoms with Gasteiger partial charge in [0.1, 0.15) is 11.8 Å². The van der Waals surface area contributed by atoms with Crippen LogP contribution >= 0.6 is 0 Å². The molecule has 4 aromatic carbocycles. The normalized spacial score (nSPS) is 25.4. The molecule has 1 spiro atoms. The maximum atomic E-state index is 13.2. The topological polar surface area (TPSA) is 96.4 Å². The number of rotatable bonds is 6. The maximum absolute atomic E-state index is 13.2. The second kappa shape index (κ2) is 14.1. The highest BCUT2D eigenvalue weighted by molar-refractivity contribution is 6.05. The second-order valence-electron chi connectivity index (χ2n) is 17.2. The van der Waals surface area contributed by atoms with Crippen LogP contribution in [0.5, 0.6) is 5.75 Å². The predicted octanol–water partition coefficient (Wildman–Crippen LogP) is 6.15. The number of phenolic OH excluding ortho intramolecular Hbond substituents is 1. The van der Waals surface area contributed by atoms with E-state index in [1.807, 2.05) is 24.3 Å². The van der Waals surface area contributed by atoms with E-state index in [2.05, 4.69) is 80.7 Å². The first-order chi connectivity index (χ1) is 27.3. The first-order valence-electron chi connectivity index (χ1n) is 20.8. The lowest BCUT2D eigenvalue weighted by Crippen LogP contribution is -2.52. The van der Waals surface area contributed by atoms with Crippen molar-refractivity contribution in [3.8, 4) is 5.75 Å². The lowest BCUT2D eigenvalue weighted by Gasteiger charge is -2.44. The van der Waals surface area contributed by atoms with Crippen molar-refractivity contribution in [3.63, 3.8) is 0 Å². The Morgan fingerprint density at radius 1 is 0.696 bits per heavy atom. The summed E-state index contributed by atoms with van der Waals surface area (Å²) < 4.78 is 0. The van der Waals surface area contributed by atoms with Crippen LogP contribution in [0.2, 0.25) is 0 Å². The van der Waals surface area contributed by atoms with Crippen LogP contribution < -0.4 is 15.1 Å². The molecule has 0 bridgehead atoms. The number of amides is 3. The van der Waals surface area contributed by atoms with Gasteiger partial charge in [-0.05, 0) is 127 Å². The molecule has 3 atom stereocenters. The number of carbonyl (C=O) groups excluding carboxylic acids is 3. The number of hydrogen-bond acceptors (Lipinski definition) is 7. The largest absolute Gasteiger partial charge is 0.508 e. The smallest absolute Gasteiger partial charge is 0.255 e.